The van der Waals surface area contributed by atoms with Crippen molar-refractivity contribution in [3.63, 3.8) is 0 Å². The highest BCUT2D eigenvalue weighted by Gasteiger charge is 2.14. The number of carbonyl (C=O) groups is 1. The van der Waals surface area contributed by atoms with E-state index in [4.69, 9.17) is 44.3 Å². The molecule has 0 aliphatic rings. The van der Waals surface area contributed by atoms with Gasteiger partial charge < -0.3 is 14.8 Å². The van der Waals surface area contributed by atoms with Gasteiger partial charge in [0.25, 0.3) is 5.91 Å². The number of nitrogens with zero attached hydrogens (tertiary/aromatic N) is 1. The van der Waals surface area contributed by atoms with Gasteiger partial charge in [-0.05, 0) is 42.8 Å². The summed E-state index contributed by atoms with van der Waals surface area (Å²) >= 11 is 18.0. The summed E-state index contributed by atoms with van der Waals surface area (Å²) in [6.07, 6.45) is 1.37. The largest absolute Gasteiger partial charge is 0.493 e. The van der Waals surface area contributed by atoms with Crippen LogP contribution in [0.5, 0.6) is 11.5 Å². The van der Waals surface area contributed by atoms with Crippen molar-refractivity contribution in [2.24, 2.45) is 0 Å². The SMILES string of the molecule is CCOc1cc(/C=C(\C#N)C(=O)Nc2ccc(Cl)c(Cl)c2)c(Cl)cc1OC. The number of rotatable bonds is 6. The smallest absolute Gasteiger partial charge is 0.266 e. The van der Waals surface area contributed by atoms with Crippen LogP contribution in [-0.2, 0) is 4.79 Å². The van der Waals surface area contributed by atoms with Crippen molar-refractivity contribution in [1.29, 1.82) is 5.26 Å². The third-order valence-corrected chi connectivity index (χ3v) is 4.49. The average Bonchev–Trinajstić information content (AvgIpc) is 2.64. The van der Waals surface area contributed by atoms with Crippen molar-refractivity contribution in [2.75, 3.05) is 19.0 Å². The van der Waals surface area contributed by atoms with Gasteiger partial charge in [0.15, 0.2) is 11.5 Å². The Hall–Kier alpha value is -2.39. The highest BCUT2D eigenvalue weighted by atomic mass is 35.5. The van der Waals surface area contributed by atoms with Crippen molar-refractivity contribution in [2.45, 2.75) is 6.92 Å². The lowest BCUT2D eigenvalue weighted by molar-refractivity contribution is -0.112. The third kappa shape index (κ3) is 5.30. The lowest BCUT2D eigenvalue weighted by Gasteiger charge is -2.11. The second-order valence-electron chi connectivity index (χ2n) is 5.21. The number of nitriles is 1. The standard InChI is InChI=1S/C19H15Cl3N2O3/c1-3-27-18-7-11(15(21)9-17(18)26-2)6-12(10-23)19(25)24-13-4-5-14(20)16(22)8-13/h4-9H,3H2,1-2H3,(H,24,25)/b12-6+. The van der Waals surface area contributed by atoms with E-state index in [1.165, 1.54) is 19.3 Å². The Morgan fingerprint density at radius 2 is 1.89 bits per heavy atom. The maximum Gasteiger partial charge on any atom is 0.266 e. The highest BCUT2D eigenvalue weighted by molar-refractivity contribution is 6.42. The minimum atomic E-state index is -0.610. The van der Waals surface area contributed by atoms with E-state index in [9.17, 15) is 10.1 Å². The summed E-state index contributed by atoms with van der Waals surface area (Å²) in [7, 11) is 1.50. The molecule has 0 aromatic heterocycles. The Kier molecular flexibility index (Phi) is 7.37. The van der Waals surface area contributed by atoms with Gasteiger partial charge in [0.2, 0.25) is 0 Å². The molecule has 0 aliphatic heterocycles. The van der Waals surface area contributed by atoms with E-state index < -0.39 is 5.91 Å². The molecule has 0 saturated carbocycles. The van der Waals surface area contributed by atoms with Crippen LogP contribution in [0.3, 0.4) is 0 Å². The van der Waals surface area contributed by atoms with Crippen molar-refractivity contribution < 1.29 is 14.3 Å². The molecule has 0 aliphatic carbocycles. The molecule has 140 valence electrons. The molecule has 1 amide bonds. The molecule has 0 radical (unpaired) electrons. The number of amides is 1. The molecule has 1 N–H and O–H groups in total. The fourth-order valence-corrected chi connectivity index (χ4v) is 2.67. The number of carbonyl (C=O) groups excluding carboxylic acids is 1. The van der Waals surface area contributed by atoms with E-state index >= 15 is 0 Å². The minimum absolute atomic E-state index is 0.143. The van der Waals surface area contributed by atoms with Crippen LogP contribution in [0, 0.1) is 11.3 Å². The molecule has 2 aromatic rings. The van der Waals surface area contributed by atoms with Crippen molar-refractivity contribution in [3.05, 3.63) is 56.5 Å². The molecule has 0 spiro atoms. The first kappa shape index (κ1) is 20.9. The van der Waals surface area contributed by atoms with E-state index in [1.54, 1.807) is 24.3 Å². The van der Waals surface area contributed by atoms with Gasteiger partial charge in [-0.2, -0.15) is 5.26 Å². The van der Waals surface area contributed by atoms with E-state index in [0.717, 1.165) is 0 Å². The molecule has 2 aromatic carbocycles. The minimum Gasteiger partial charge on any atom is -0.493 e. The van der Waals surface area contributed by atoms with Gasteiger partial charge >= 0.3 is 0 Å². The van der Waals surface area contributed by atoms with Gasteiger partial charge in [0.1, 0.15) is 11.6 Å². The van der Waals surface area contributed by atoms with E-state index in [-0.39, 0.29) is 10.6 Å². The molecule has 27 heavy (non-hydrogen) atoms. The van der Waals surface area contributed by atoms with E-state index in [2.05, 4.69) is 5.32 Å². The van der Waals surface area contributed by atoms with Crippen LogP contribution in [0.2, 0.25) is 15.1 Å². The zero-order valence-corrected chi connectivity index (χ0v) is 16.7. The summed E-state index contributed by atoms with van der Waals surface area (Å²) in [4.78, 5) is 12.4. The fraction of sp³-hybridized carbons (Fsp3) is 0.158. The molecular formula is C19H15Cl3N2O3. The van der Waals surface area contributed by atoms with Gasteiger partial charge in [-0.15, -0.1) is 0 Å². The molecule has 5 nitrogen and oxygen atoms in total. The Labute approximate surface area is 172 Å². The van der Waals surface area contributed by atoms with Gasteiger partial charge in [-0.1, -0.05) is 34.8 Å². The number of anilines is 1. The maximum absolute atomic E-state index is 12.4. The summed E-state index contributed by atoms with van der Waals surface area (Å²) < 4.78 is 10.7. The Morgan fingerprint density at radius 1 is 1.15 bits per heavy atom. The predicted molar refractivity (Wildman–Crippen MR) is 108 cm³/mol. The Balaban J connectivity index is 2.34. The Bertz CT molecular complexity index is 937. The van der Waals surface area contributed by atoms with Crippen LogP contribution < -0.4 is 14.8 Å². The van der Waals surface area contributed by atoms with Crippen LogP contribution in [0.4, 0.5) is 5.69 Å². The lowest BCUT2D eigenvalue weighted by Crippen LogP contribution is -2.13. The number of methoxy groups -OCH3 is 1. The summed E-state index contributed by atoms with van der Waals surface area (Å²) in [6.45, 7) is 2.25. The molecule has 0 heterocycles. The molecule has 0 atom stereocenters. The molecule has 0 bridgehead atoms. The lowest BCUT2D eigenvalue weighted by atomic mass is 10.1. The Morgan fingerprint density at radius 3 is 2.48 bits per heavy atom. The molecule has 0 saturated heterocycles. The number of hydrogen-bond donors (Lipinski definition) is 1. The normalized spacial score (nSPS) is 10.9. The van der Waals surface area contributed by atoms with Crippen LogP contribution in [-0.4, -0.2) is 19.6 Å². The second kappa shape index (κ2) is 9.52. The zero-order chi connectivity index (χ0) is 20.0. The molecule has 0 unspecified atom stereocenters. The van der Waals surface area contributed by atoms with Gasteiger partial charge in [0, 0.05) is 11.8 Å². The first-order valence-electron chi connectivity index (χ1n) is 7.78. The van der Waals surface area contributed by atoms with Crippen molar-refractivity contribution in [3.8, 4) is 17.6 Å². The zero-order valence-electron chi connectivity index (χ0n) is 14.5. The maximum atomic E-state index is 12.4. The van der Waals surface area contributed by atoms with Gasteiger partial charge in [-0.25, -0.2) is 0 Å². The molecule has 2 rings (SSSR count). The summed E-state index contributed by atoms with van der Waals surface area (Å²) in [5.41, 5.74) is 0.712. The van der Waals surface area contributed by atoms with Crippen LogP contribution >= 0.6 is 34.8 Å². The second-order valence-corrected chi connectivity index (χ2v) is 6.43. The predicted octanol–water partition coefficient (Wildman–Crippen LogP) is 5.60. The first-order valence-corrected chi connectivity index (χ1v) is 8.91. The van der Waals surface area contributed by atoms with Gasteiger partial charge in [-0.3, -0.25) is 4.79 Å². The number of hydrogen-bond acceptors (Lipinski definition) is 4. The summed E-state index contributed by atoms with van der Waals surface area (Å²) in [5, 5.41) is 12.9. The monoisotopic (exact) mass is 424 g/mol. The van der Waals surface area contributed by atoms with E-state index in [0.29, 0.717) is 39.4 Å². The third-order valence-electron chi connectivity index (χ3n) is 3.43. The number of benzene rings is 2. The topological polar surface area (TPSA) is 71.3 Å². The summed E-state index contributed by atoms with van der Waals surface area (Å²) in [6, 6.07) is 9.64. The molecular weight excluding hydrogens is 411 g/mol. The fourth-order valence-electron chi connectivity index (χ4n) is 2.17. The van der Waals surface area contributed by atoms with E-state index in [1.807, 2.05) is 13.0 Å². The van der Waals surface area contributed by atoms with Gasteiger partial charge in [0.05, 0.1) is 28.8 Å². The van der Waals surface area contributed by atoms with Crippen molar-refractivity contribution >= 4 is 52.5 Å². The number of ether oxygens (including phenoxy) is 2. The highest BCUT2D eigenvalue weighted by Crippen LogP contribution is 2.34. The number of nitrogens with one attached hydrogen (secondary N) is 1. The van der Waals surface area contributed by atoms with Crippen LogP contribution in [0.15, 0.2) is 35.9 Å². The van der Waals surface area contributed by atoms with Crippen LogP contribution in [0.25, 0.3) is 6.08 Å². The molecule has 0 fully saturated rings. The quantitative estimate of drug-likeness (QED) is 0.483. The average molecular weight is 426 g/mol. The first-order chi connectivity index (χ1) is 12.9. The van der Waals surface area contributed by atoms with Crippen molar-refractivity contribution in [1.82, 2.24) is 0 Å². The number of halogens is 3. The summed E-state index contributed by atoms with van der Waals surface area (Å²) in [5.74, 6) is 0.302. The molecule has 8 heteroatoms. The van der Waals surface area contributed by atoms with Crippen LogP contribution in [0.1, 0.15) is 12.5 Å².